The molecule has 1 rings (SSSR count). The Morgan fingerprint density at radius 2 is 2.28 bits per heavy atom. The highest BCUT2D eigenvalue weighted by Gasteiger charge is 2.28. The minimum Gasteiger partial charge on any atom is -0.376 e. The summed E-state index contributed by atoms with van der Waals surface area (Å²) in [4.78, 5) is 13.8. The van der Waals surface area contributed by atoms with Crippen LogP contribution in [0.3, 0.4) is 0 Å². The zero-order valence-electron chi connectivity index (χ0n) is 11.8. The lowest BCUT2D eigenvalue weighted by molar-refractivity contribution is -0.122. The number of hydrogen-bond acceptors (Lipinski definition) is 4. The van der Waals surface area contributed by atoms with Crippen LogP contribution in [0, 0.1) is 0 Å². The Morgan fingerprint density at radius 1 is 1.56 bits per heavy atom. The maximum Gasteiger partial charge on any atom is 0.235 e. The van der Waals surface area contributed by atoms with Gasteiger partial charge in [-0.25, -0.2) is 0 Å². The molecule has 0 aromatic rings. The van der Waals surface area contributed by atoms with Crippen LogP contribution in [0.25, 0.3) is 0 Å². The van der Waals surface area contributed by atoms with Crippen molar-refractivity contribution >= 4 is 5.91 Å². The fourth-order valence-electron chi connectivity index (χ4n) is 2.32. The number of ether oxygens (including phenoxy) is 1. The van der Waals surface area contributed by atoms with E-state index in [9.17, 15) is 4.79 Å². The molecule has 1 aliphatic heterocycles. The first-order valence-corrected chi connectivity index (χ1v) is 6.96. The number of morpholine rings is 1. The Kier molecular flexibility index (Phi) is 6.60. The van der Waals surface area contributed by atoms with Gasteiger partial charge < -0.3 is 15.8 Å². The maximum atomic E-state index is 11.5. The molecule has 1 saturated heterocycles. The van der Waals surface area contributed by atoms with E-state index >= 15 is 0 Å². The lowest BCUT2D eigenvalue weighted by Crippen LogP contribution is -2.56. The van der Waals surface area contributed by atoms with E-state index in [1.54, 1.807) is 0 Å². The Morgan fingerprint density at radius 3 is 2.83 bits per heavy atom. The number of primary amides is 1. The van der Waals surface area contributed by atoms with Crippen molar-refractivity contribution in [2.24, 2.45) is 5.73 Å². The first-order valence-electron chi connectivity index (χ1n) is 6.96. The predicted octanol–water partition coefficient (Wildman–Crippen LogP) is 0.339. The summed E-state index contributed by atoms with van der Waals surface area (Å²) in [5.41, 5.74) is 5.46. The SMILES string of the molecule is CCCNC(CN1CC(C)OCC1CC)C(N)=O. The van der Waals surface area contributed by atoms with E-state index in [1.165, 1.54) is 0 Å². The minimum atomic E-state index is -0.266. The van der Waals surface area contributed by atoms with Crippen LogP contribution in [0.15, 0.2) is 0 Å². The van der Waals surface area contributed by atoms with Gasteiger partial charge in [-0.05, 0) is 26.3 Å². The van der Waals surface area contributed by atoms with Crippen molar-refractivity contribution in [2.45, 2.75) is 51.8 Å². The number of amides is 1. The fourth-order valence-corrected chi connectivity index (χ4v) is 2.32. The van der Waals surface area contributed by atoms with Crippen LogP contribution in [-0.4, -0.2) is 55.2 Å². The predicted molar refractivity (Wildman–Crippen MR) is 72.3 cm³/mol. The highest BCUT2D eigenvalue weighted by Crippen LogP contribution is 2.14. The van der Waals surface area contributed by atoms with Crippen molar-refractivity contribution in [2.75, 3.05) is 26.2 Å². The van der Waals surface area contributed by atoms with E-state index in [4.69, 9.17) is 10.5 Å². The van der Waals surface area contributed by atoms with E-state index in [1.807, 2.05) is 0 Å². The van der Waals surface area contributed by atoms with Crippen LogP contribution in [0.4, 0.5) is 0 Å². The normalized spacial score (nSPS) is 27.1. The van der Waals surface area contributed by atoms with Crippen LogP contribution in [0.2, 0.25) is 0 Å². The van der Waals surface area contributed by atoms with Crippen LogP contribution in [0.5, 0.6) is 0 Å². The third-order valence-corrected chi connectivity index (χ3v) is 3.45. The van der Waals surface area contributed by atoms with Crippen LogP contribution in [0.1, 0.15) is 33.6 Å². The Balaban J connectivity index is 2.56. The standard InChI is InChI=1S/C13H27N3O2/c1-4-6-15-12(13(14)17)8-16-7-10(3)18-9-11(16)5-2/h10-12,15H,4-9H2,1-3H3,(H2,14,17). The van der Waals surface area contributed by atoms with Gasteiger partial charge >= 0.3 is 0 Å². The summed E-state index contributed by atoms with van der Waals surface area (Å²) < 4.78 is 5.66. The summed E-state index contributed by atoms with van der Waals surface area (Å²) in [7, 11) is 0. The smallest absolute Gasteiger partial charge is 0.235 e. The molecule has 5 heteroatoms. The number of carbonyl (C=O) groups is 1. The quantitative estimate of drug-likeness (QED) is 0.690. The van der Waals surface area contributed by atoms with Crippen LogP contribution < -0.4 is 11.1 Å². The number of rotatable bonds is 7. The molecule has 18 heavy (non-hydrogen) atoms. The molecule has 0 saturated carbocycles. The number of nitrogens with one attached hydrogen (secondary N) is 1. The molecule has 0 bridgehead atoms. The van der Waals surface area contributed by atoms with Gasteiger partial charge in [0.25, 0.3) is 0 Å². The van der Waals surface area contributed by atoms with Crippen LogP contribution >= 0.6 is 0 Å². The largest absolute Gasteiger partial charge is 0.376 e. The fraction of sp³-hybridized carbons (Fsp3) is 0.923. The molecule has 0 aromatic carbocycles. The highest BCUT2D eigenvalue weighted by molar-refractivity contribution is 5.80. The number of nitrogens with two attached hydrogens (primary N) is 1. The lowest BCUT2D eigenvalue weighted by atomic mass is 10.1. The number of carbonyl (C=O) groups excluding carboxylic acids is 1. The minimum absolute atomic E-state index is 0.229. The molecule has 0 aliphatic carbocycles. The van der Waals surface area contributed by atoms with Crippen LogP contribution in [-0.2, 0) is 9.53 Å². The van der Waals surface area contributed by atoms with Crippen molar-refractivity contribution in [3.05, 3.63) is 0 Å². The van der Waals surface area contributed by atoms with Gasteiger partial charge in [0.1, 0.15) is 0 Å². The summed E-state index contributed by atoms with van der Waals surface area (Å²) in [6.45, 7) is 9.42. The number of nitrogens with zero attached hydrogens (tertiary/aromatic N) is 1. The zero-order valence-corrected chi connectivity index (χ0v) is 11.8. The van der Waals surface area contributed by atoms with E-state index in [0.29, 0.717) is 12.6 Å². The highest BCUT2D eigenvalue weighted by atomic mass is 16.5. The van der Waals surface area contributed by atoms with Crippen molar-refractivity contribution < 1.29 is 9.53 Å². The van der Waals surface area contributed by atoms with Gasteiger partial charge in [0, 0.05) is 19.1 Å². The van der Waals surface area contributed by atoms with E-state index in [0.717, 1.165) is 32.5 Å². The summed E-state index contributed by atoms with van der Waals surface area (Å²) >= 11 is 0. The molecule has 0 radical (unpaired) electrons. The van der Waals surface area contributed by atoms with Gasteiger partial charge in [-0.3, -0.25) is 9.69 Å². The topological polar surface area (TPSA) is 67.6 Å². The molecule has 3 atom stereocenters. The molecule has 0 aromatic heterocycles. The molecule has 1 amide bonds. The monoisotopic (exact) mass is 257 g/mol. The average molecular weight is 257 g/mol. The third-order valence-electron chi connectivity index (χ3n) is 3.45. The average Bonchev–Trinajstić information content (AvgIpc) is 2.34. The molecular weight excluding hydrogens is 230 g/mol. The van der Waals surface area contributed by atoms with E-state index in [-0.39, 0.29) is 18.1 Å². The second-order valence-corrected chi connectivity index (χ2v) is 5.07. The van der Waals surface area contributed by atoms with E-state index in [2.05, 4.69) is 31.0 Å². The van der Waals surface area contributed by atoms with Gasteiger partial charge in [0.15, 0.2) is 0 Å². The van der Waals surface area contributed by atoms with Gasteiger partial charge in [0.2, 0.25) is 5.91 Å². The second kappa shape index (κ2) is 7.71. The van der Waals surface area contributed by atoms with Crippen molar-refractivity contribution in [3.63, 3.8) is 0 Å². The van der Waals surface area contributed by atoms with Gasteiger partial charge in [0.05, 0.1) is 18.8 Å². The van der Waals surface area contributed by atoms with Gasteiger partial charge in [-0.1, -0.05) is 13.8 Å². The molecule has 0 spiro atoms. The molecule has 1 heterocycles. The molecule has 106 valence electrons. The molecule has 1 aliphatic rings. The number of hydrogen-bond donors (Lipinski definition) is 2. The first kappa shape index (κ1) is 15.4. The first-order chi connectivity index (χ1) is 8.58. The van der Waals surface area contributed by atoms with Gasteiger partial charge in [-0.2, -0.15) is 0 Å². The Hall–Kier alpha value is -0.650. The Bertz CT molecular complexity index is 261. The Labute approximate surface area is 110 Å². The molecule has 5 nitrogen and oxygen atoms in total. The summed E-state index contributed by atoms with van der Waals surface area (Å²) in [5, 5.41) is 3.22. The maximum absolute atomic E-state index is 11.5. The molecule has 3 N–H and O–H groups in total. The summed E-state index contributed by atoms with van der Waals surface area (Å²) in [6, 6.07) is 0.135. The second-order valence-electron chi connectivity index (χ2n) is 5.07. The summed E-state index contributed by atoms with van der Waals surface area (Å²) in [5.74, 6) is -0.266. The molecule has 3 unspecified atom stereocenters. The van der Waals surface area contributed by atoms with Crippen molar-refractivity contribution in [1.29, 1.82) is 0 Å². The van der Waals surface area contributed by atoms with E-state index < -0.39 is 0 Å². The molecular formula is C13H27N3O2. The molecule has 1 fully saturated rings. The van der Waals surface area contributed by atoms with Crippen molar-refractivity contribution in [3.8, 4) is 0 Å². The third kappa shape index (κ3) is 4.55. The zero-order chi connectivity index (χ0) is 13.5. The van der Waals surface area contributed by atoms with Crippen molar-refractivity contribution in [1.82, 2.24) is 10.2 Å². The van der Waals surface area contributed by atoms with Gasteiger partial charge in [-0.15, -0.1) is 0 Å². The summed E-state index contributed by atoms with van der Waals surface area (Å²) in [6.07, 6.45) is 2.26. The lowest BCUT2D eigenvalue weighted by Gasteiger charge is -2.39.